The van der Waals surface area contributed by atoms with Gasteiger partial charge in [0.15, 0.2) is 0 Å². The van der Waals surface area contributed by atoms with E-state index in [4.69, 9.17) is 4.42 Å². The van der Waals surface area contributed by atoms with E-state index in [1.54, 1.807) is 18.2 Å². The number of para-hydroxylation sites is 1. The Morgan fingerprint density at radius 3 is 2.74 bits per heavy atom. The molecule has 2 aromatic carbocycles. The molecule has 1 fully saturated rings. The molecule has 2 heterocycles. The molecule has 4 rings (SSSR count). The van der Waals surface area contributed by atoms with Crippen molar-refractivity contribution >= 4 is 11.6 Å². The topological polar surface area (TPSA) is 70.4 Å². The molecule has 7 heteroatoms. The summed E-state index contributed by atoms with van der Waals surface area (Å²) >= 11 is 0. The lowest BCUT2D eigenvalue weighted by molar-refractivity contribution is -0.127. The largest absolute Gasteiger partial charge is 0.441 e. The highest BCUT2D eigenvalue weighted by molar-refractivity contribution is 5.79. The van der Waals surface area contributed by atoms with Crippen LogP contribution in [0.3, 0.4) is 0 Å². The van der Waals surface area contributed by atoms with Gasteiger partial charge in [-0.1, -0.05) is 30.3 Å². The lowest BCUT2D eigenvalue weighted by atomic mass is 9.82. The number of benzene rings is 2. The highest BCUT2D eigenvalue weighted by Gasteiger charge is 2.32. The molecule has 34 heavy (non-hydrogen) atoms. The molecular weight excluding hydrogens is 431 g/mol. The van der Waals surface area contributed by atoms with Gasteiger partial charge in [0.1, 0.15) is 11.6 Å². The summed E-state index contributed by atoms with van der Waals surface area (Å²) in [6, 6.07) is 16.7. The Labute approximate surface area is 200 Å². The predicted octanol–water partition coefficient (Wildman–Crippen LogP) is 4.20. The first-order chi connectivity index (χ1) is 16.6. The SMILES string of the molecule is CCN(CCNC(=O)C1CCNCC1Cc1nc(-c2ccccc2F)oc1C)c1ccccc1. The van der Waals surface area contributed by atoms with Gasteiger partial charge >= 0.3 is 0 Å². The molecule has 1 aliphatic heterocycles. The lowest BCUT2D eigenvalue weighted by Crippen LogP contribution is -2.46. The van der Waals surface area contributed by atoms with Gasteiger partial charge in [0.25, 0.3) is 0 Å². The van der Waals surface area contributed by atoms with Crippen molar-refractivity contribution in [1.29, 1.82) is 0 Å². The van der Waals surface area contributed by atoms with Gasteiger partial charge in [-0.3, -0.25) is 4.79 Å². The molecule has 0 aliphatic carbocycles. The number of piperidine rings is 1. The fourth-order valence-corrected chi connectivity index (χ4v) is 4.65. The van der Waals surface area contributed by atoms with Gasteiger partial charge < -0.3 is 20.0 Å². The number of aromatic nitrogens is 1. The van der Waals surface area contributed by atoms with Gasteiger partial charge in [0.05, 0.1) is 11.3 Å². The number of halogens is 1. The lowest BCUT2D eigenvalue weighted by Gasteiger charge is -2.31. The average Bonchev–Trinajstić information content (AvgIpc) is 3.22. The van der Waals surface area contributed by atoms with E-state index in [1.165, 1.54) is 6.07 Å². The molecule has 2 atom stereocenters. The summed E-state index contributed by atoms with van der Waals surface area (Å²) in [5.41, 5.74) is 2.30. The van der Waals surface area contributed by atoms with E-state index in [1.807, 2.05) is 25.1 Å². The third-order valence-electron chi connectivity index (χ3n) is 6.58. The number of hydrogen-bond donors (Lipinski definition) is 2. The molecule has 0 bridgehead atoms. The minimum Gasteiger partial charge on any atom is -0.441 e. The van der Waals surface area contributed by atoms with Crippen molar-refractivity contribution < 1.29 is 13.6 Å². The summed E-state index contributed by atoms with van der Waals surface area (Å²) in [6.07, 6.45) is 1.39. The molecule has 2 N–H and O–H groups in total. The van der Waals surface area contributed by atoms with Crippen molar-refractivity contribution in [3.63, 3.8) is 0 Å². The molecule has 1 amide bonds. The van der Waals surface area contributed by atoms with Crippen LogP contribution in [0.2, 0.25) is 0 Å². The van der Waals surface area contributed by atoms with Crippen LogP contribution in [0.25, 0.3) is 11.5 Å². The molecule has 180 valence electrons. The number of aryl methyl sites for hydroxylation is 1. The fraction of sp³-hybridized carbons (Fsp3) is 0.407. The fourth-order valence-electron chi connectivity index (χ4n) is 4.65. The summed E-state index contributed by atoms with van der Waals surface area (Å²) < 4.78 is 20.0. The van der Waals surface area contributed by atoms with E-state index in [0.29, 0.717) is 24.3 Å². The highest BCUT2D eigenvalue weighted by Crippen LogP contribution is 2.28. The number of amides is 1. The Hall–Kier alpha value is -3.19. The first kappa shape index (κ1) is 24.0. The second-order valence-electron chi connectivity index (χ2n) is 8.77. The Morgan fingerprint density at radius 1 is 1.21 bits per heavy atom. The maximum absolute atomic E-state index is 14.2. The van der Waals surface area contributed by atoms with Gasteiger partial charge in [-0.15, -0.1) is 0 Å². The van der Waals surface area contributed by atoms with Crippen LogP contribution >= 0.6 is 0 Å². The number of anilines is 1. The third kappa shape index (κ3) is 5.65. The van der Waals surface area contributed by atoms with Crippen LogP contribution in [0.1, 0.15) is 24.8 Å². The number of nitrogens with one attached hydrogen (secondary N) is 2. The van der Waals surface area contributed by atoms with E-state index < -0.39 is 0 Å². The first-order valence-electron chi connectivity index (χ1n) is 12.1. The maximum Gasteiger partial charge on any atom is 0.229 e. The van der Waals surface area contributed by atoms with Crippen LogP contribution in [0, 0.1) is 24.6 Å². The Kier molecular flexibility index (Phi) is 7.95. The minimum absolute atomic E-state index is 0.0890. The summed E-state index contributed by atoms with van der Waals surface area (Å²) in [5, 5.41) is 6.56. The summed E-state index contributed by atoms with van der Waals surface area (Å²) in [6.45, 7) is 7.76. The number of rotatable bonds is 9. The molecule has 1 aliphatic rings. The van der Waals surface area contributed by atoms with Crippen molar-refractivity contribution in [2.24, 2.45) is 11.8 Å². The zero-order valence-electron chi connectivity index (χ0n) is 19.9. The standard InChI is InChI=1S/C27H33FN4O2/c1-3-32(21-9-5-4-6-10-21)16-15-30-26(33)22-13-14-29-18-20(22)17-25-19(2)34-27(31-25)23-11-7-8-12-24(23)28/h4-12,20,22,29H,3,13-18H2,1-2H3,(H,30,33). The summed E-state index contributed by atoms with van der Waals surface area (Å²) in [7, 11) is 0. The van der Waals surface area contributed by atoms with Gasteiger partial charge in [-0.2, -0.15) is 0 Å². The zero-order valence-corrected chi connectivity index (χ0v) is 19.9. The van der Waals surface area contributed by atoms with Crippen molar-refractivity contribution in [3.05, 3.63) is 71.9 Å². The molecule has 1 saturated heterocycles. The van der Waals surface area contributed by atoms with Gasteiger partial charge in [-0.25, -0.2) is 9.37 Å². The Bertz CT molecular complexity index is 1090. The number of carbonyl (C=O) groups is 1. The molecule has 2 unspecified atom stereocenters. The van der Waals surface area contributed by atoms with Gasteiger partial charge in [-0.05, 0) is 70.0 Å². The number of likely N-dealkylation sites (N-methyl/N-ethyl adjacent to an activating group) is 1. The van der Waals surface area contributed by atoms with Gasteiger partial charge in [0.2, 0.25) is 11.8 Å². The minimum atomic E-state index is -0.358. The van der Waals surface area contributed by atoms with Crippen molar-refractivity contribution in [3.8, 4) is 11.5 Å². The molecule has 0 radical (unpaired) electrons. The number of nitrogens with zero attached hydrogens (tertiary/aromatic N) is 2. The van der Waals surface area contributed by atoms with Crippen LogP contribution in [-0.4, -0.2) is 43.6 Å². The monoisotopic (exact) mass is 464 g/mol. The zero-order chi connectivity index (χ0) is 23.9. The second kappa shape index (κ2) is 11.3. The predicted molar refractivity (Wildman–Crippen MR) is 132 cm³/mol. The molecular formula is C27H33FN4O2. The van der Waals surface area contributed by atoms with Crippen molar-refractivity contribution in [1.82, 2.24) is 15.6 Å². The summed E-state index contributed by atoms with van der Waals surface area (Å²) in [4.78, 5) is 19.9. The molecule has 6 nitrogen and oxygen atoms in total. The average molecular weight is 465 g/mol. The van der Waals surface area contributed by atoms with Crippen molar-refractivity contribution in [2.45, 2.75) is 26.7 Å². The van der Waals surface area contributed by atoms with Crippen LogP contribution in [-0.2, 0) is 11.2 Å². The van der Waals surface area contributed by atoms with E-state index in [2.05, 4.69) is 39.6 Å². The number of oxazole rings is 1. The molecule has 0 saturated carbocycles. The Balaban J connectivity index is 1.38. The van der Waals surface area contributed by atoms with Crippen LogP contribution in [0.5, 0.6) is 0 Å². The Morgan fingerprint density at radius 2 is 1.97 bits per heavy atom. The second-order valence-corrected chi connectivity index (χ2v) is 8.77. The van der Waals surface area contributed by atoms with E-state index >= 15 is 0 Å². The third-order valence-corrected chi connectivity index (χ3v) is 6.58. The summed E-state index contributed by atoms with van der Waals surface area (Å²) in [5.74, 6) is 0.693. The maximum atomic E-state index is 14.2. The number of hydrogen-bond acceptors (Lipinski definition) is 5. The molecule has 0 spiro atoms. The van der Waals surface area contributed by atoms with E-state index in [-0.39, 0.29) is 29.5 Å². The van der Waals surface area contributed by atoms with Gasteiger partial charge in [0, 0.05) is 31.2 Å². The normalized spacial score (nSPS) is 18.0. The smallest absolute Gasteiger partial charge is 0.229 e. The molecule has 3 aromatic rings. The van der Waals surface area contributed by atoms with Crippen LogP contribution < -0.4 is 15.5 Å². The first-order valence-corrected chi connectivity index (χ1v) is 12.1. The quantitative estimate of drug-likeness (QED) is 0.497. The van der Waals surface area contributed by atoms with E-state index in [0.717, 1.165) is 44.0 Å². The highest BCUT2D eigenvalue weighted by atomic mass is 19.1. The van der Waals surface area contributed by atoms with E-state index in [9.17, 15) is 9.18 Å². The van der Waals surface area contributed by atoms with Crippen LogP contribution in [0.15, 0.2) is 59.0 Å². The van der Waals surface area contributed by atoms with Crippen molar-refractivity contribution in [2.75, 3.05) is 37.6 Å². The molecule has 1 aromatic heterocycles. The number of carbonyl (C=O) groups excluding carboxylic acids is 1. The van der Waals surface area contributed by atoms with Crippen LogP contribution in [0.4, 0.5) is 10.1 Å².